The van der Waals surface area contributed by atoms with Crippen LogP contribution in [-0.2, 0) is 0 Å². The molecule has 3 N–H and O–H groups in total. The van der Waals surface area contributed by atoms with Gasteiger partial charge in [-0.25, -0.2) is 0 Å². The van der Waals surface area contributed by atoms with Crippen molar-refractivity contribution in [1.29, 1.82) is 0 Å². The Kier molecular flexibility index (Phi) is 3.11. The zero-order chi connectivity index (χ0) is 14.2. The fourth-order valence-corrected chi connectivity index (χ4v) is 1.82. The van der Waals surface area contributed by atoms with Crippen LogP contribution < -0.4 is 10.6 Å². The lowest BCUT2D eigenvalue weighted by atomic mass is 10.0. The maximum atomic E-state index is 12.1. The first-order valence-corrected chi connectivity index (χ1v) is 5.78. The van der Waals surface area contributed by atoms with Crippen LogP contribution in [0.4, 0.5) is 0 Å². The maximum Gasteiger partial charge on any atom is 0.259 e. The third kappa shape index (κ3) is 2.34. The number of rotatable bonds is 3. The van der Waals surface area contributed by atoms with Crippen LogP contribution in [0.1, 0.15) is 44.9 Å². The minimum atomic E-state index is -0.807. The fraction of sp³-hybridized carbons (Fsp3) is 0.308. The Morgan fingerprint density at radius 1 is 1.32 bits per heavy atom. The topological polar surface area (TPSA) is 95.5 Å². The lowest BCUT2D eigenvalue weighted by Crippen LogP contribution is -2.46. The molecule has 1 aliphatic rings. The lowest BCUT2D eigenvalue weighted by molar-refractivity contribution is 0.0847. The van der Waals surface area contributed by atoms with E-state index in [1.807, 2.05) is 0 Å². The third-order valence-corrected chi connectivity index (χ3v) is 2.86. The Hall–Kier alpha value is -2.21. The van der Waals surface area contributed by atoms with Gasteiger partial charge < -0.3 is 10.4 Å². The van der Waals surface area contributed by atoms with E-state index in [1.54, 1.807) is 13.8 Å². The Balaban J connectivity index is 2.40. The second kappa shape index (κ2) is 4.47. The van der Waals surface area contributed by atoms with Gasteiger partial charge in [-0.15, -0.1) is 0 Å². The molecule has 3 amide bonds. The molecule has 1 aromatic carbocycles. The van der Waals surface area contributed by atoms with Crippen LogP contribution in [0.25, 0.3) is 0 Å². The molecule has 6 nitrogen and oxygen atoms in total. The van der Waals surface area contributed by atoms with Crippen molar-refractivity contribution in [3.63, 3.8) is 0 Å². The van der Waals surface area contributed by atoms with E-state index >= 15 is 0 Å². The number of imide groups is 1. The molecule has 6 heteroatoms. The summed E-state index contributed by atoms with van der Waals surface area (Å²) < 4.78 is 0. The second-order valence-electron chi connectivity index (χ2n) is 5.01. The van der Waals surface area contributed by atoms with Gasteiger partial charge in [0.25, 0.3) is 17.7 Å². The van der Waals surface area contributed by atoms with Crippen LogP contribution in [-0.4, -0.2) is 35.0 Å². The van der Waals surface area contributed by atoms with E-state index in [0.717, 1.165) is 0 Å². The van der Waals surface area contributed by atoms with Crippen molar-refractivity contribution in [1.82, 2.24) is 10.6 Å². The molecule has 0 saturated heterocycles. The highest BCUT2D eigenvalue weighted by molar-refractivity contribution is 6.25. The highest BCUT2D eigenvalue weighted by Crippen LogP contribution is 2.20. The summed E-state index contributed by atoms with van der Waals surface area (Å²) in [5.74, 6) is -1.58. The molecule has 0 bridgehead atoms. The van der Waals surface area contributed by atoms with Gasteiger partial charge in [-0.3, -0.25) is 19.7 Å². The number of amides is 3. The van der Waals surface area contributed by atoms with Crippen molar-refractivity contribution >= 4 is 17.7 Å². The van der Waals surface area contributed by atoms with E-state index in [0.29, 0.717) is 0 Å². The molecule has 0 atom stereocenters. The average molecular weight is 262 g/mol. The number of nitrogens with one attached hydrogen (secondary N) is 2. The van der Waals surface area contributed by atoms with Gasteiger partial charge >= 0.3 is 0 Å². The van der Waals surface area contributed by atoms with E-state index in [4.69, 9.17) is 5.11 Å². The largest absolute Gasteiger partial charge is 0.394 e. The van der Waals surface area contributed by atoms with Gasteiger partial charge in [0.05, 0.1) is 28.8 Å². The van der Waals surface area contributed by atoms with Crippen LogP contribution in [0.15, 0.2) is 18.2 Å². The summed E-state index contributed by atoms with van der Waals surface area (Å²) in [5, 5.41) is 13.9. The number of aliphatic hydroxyl groups is 1. The highest BCUT2D eigenvalue weighted by Gasteiger charge is 2.32. The molecule has 0 radical (unpaired) electrons. The third-order valence-electron chi connectivity index (χ3n) is 2.86. The predicted molar refractivity (Wildman–Crippen MR) is 66.9 cm³/mol. The van der Waals surface area contributed by atoms with Crippen LogP contribution in [0.2, 0.25) is 0 Å². The smallest absolute Gasteiger partial charge is 0.259 e. The van der Waals surface area contributed by atoms with Gasteiger partial charge in [0.2, 0.25) is 0 Å². The van der Waals surface area contributed by atoms with Crippen LogP contribution in [0, 0.1) is 0 Å². The standard InChI is InChI=1S/C13H14N2O4/c1-13(2,6-16)15-11(18)8-5-3-4-7-9(8)12(19)14-10(7)17/h3-5,16H,6H2,1-2H3,(H,15,18)(H,14,17,19). The summed E-state index contributed by atoms with van der Waals surface area (Å²) in [4.78, 5) is 35.3. The Morgan fingerprint density at radius 2 is 2.00 bits per heavy atom. The molecule has 19 heavy (non-hydrogen) atoms. The second-order valence-corrected chi connectivity index (χ2v) is 5.01. The van der Waals surface area contributed by atoms with Crippen molar-refractivity contribution in [2.24, 2.45) is 0 Å². The van der Waals surface area contributed by atoms with Crippen LogP contribution >= 0.6 is 0 Å². The monoisotopic (exact) mass is 262 g/mol. The SMILES string of the molecule is CC(C)(CO)NC(=O)c1cccc2c1C(=O)NC2=O. The summed E-state index contributed by atoms with van der Waals surface area (Å²) >= 11 is 0. The molecule has 0 aliphatic carbocycles. The van der Waals surface area contributed by atoms with Crippen molar-refractivity contribution in [2.75, 3.05) is 6.61 Å². The summed E-state index contributed by atoms with van der Waals surface area (Å²) in [6.45, 7) is 3.07. The molecule has 0 saturated carbocycles. The molecular formula is C13H14N2O4. The number of carbonyl (C=O) groups excluding carboxylic acids is 3. The number of hydrogen-bond donors (Lipinski definition) is 3. The maximum absolute atomic E-state index is 12.1. The normalized spacial score (nSPS) is 14.1. The number of carbonyl (C=O) groups is 3. The zero-order valence-corrected chi connectivity index (χ0v) is 10.6. The summed E-state index contributed by atoms with van der Waals surface area (Å²) in [6, 6.07) is 4.50. The number of hydrogen-bond acceptors (Lipinski definition) is 4. The molecule has 100 valence electrons. The zero-order valence-electron chi connectivity index (χ0n) is 10.6. The highest BCUT2D eigenvalue weighted by atomic mass is 16.3. The van der Waals surface area contributed by atoms with Crippen LogP contribution in [0.5, 0.6) is 0 Å². The molecule has 0 spiro atoms. The first-order valence-electron chi connectivity index (χ1n) is 5.78. The van der Waals surface area contributed by atoms with Gasteiger partial charge in [0.1, 0.15) is 0 Å². The molecule has 2 rings (SSSR count). The van der Waals surface area contributed by atoms with Gasteiger partial charge in [-0.1, -0.05) is 6.07 Å². The van der Waals surface area contributed by atoms with Crippen molar-refractivity contribution < 1.29 is 19.5 Å². The van der Waals surface area contributed by atoms with Crippen molar-refractivity contribution in [3.05, 3.63) is 34.9 Å². The molecule has 0 fully saturated rings. The number of benzene rings is 1. The Labute approximate surface area is 109 Å². The van der Waals surface area contributed by atoms with E-state index in [1.165, 1.54) is 18.2 Å². The van der Waals surface area contributed by atoms with E-state index in [9.17, 15) is 14.4 Å². The number of aliphatic hydroxyl groups excluding tert-OH is 1. The van der Waals surface area contributed by atoms with Crippen LogP contribution in [0.3, 0.4) is 0 Å². The minimum absolute atomic E-state index is 0.0822. The van der Waals surface area contributed by atoms with Crippen molar-refractivity contribution in [3.8, 4) is 0 Å². The summed E-state index contributed by atoms with van der Waals surface area (Å²) in [7, 11) is 0. The van der Waals surface area contributed by atoms with Gasteiger partial charge in [-0.2, -0.15) is 0 Å². The number of fused-ring (bicyclic) bond motifs is 1. The molecule has 0 unspecified atom stereocenters. The predicted octanol–water partition coefficient (Wildman–Crippen LogP) is 0.0709. The van der Waals surface area contributed by atoms with Gasteiger partial charge in [-0.05, 0) is 26.0 Å². The molecule has 1 aromatic rings. The first kappa shape index (κ1) is 13.2. The molecule has 1 heterocycles. The minimum Gasteiger partial charge on any atom is -0.394 e. The lowest BCUT2D eigenvalue weighted by Gasteiger charge is -2.23. The van der Waals surface area contributed by atoms with Gasteiger partial charge in [0.15, 0.2) is 0 Å². The molecule has 1 aliphatic heterocycles. The Morgan fingerprint density at radius 3 is 2.63 bits per heavy atom. The van der Waals surface area contributed by atoms with E-state index in [2.05, 4.69) is 10.6 Å². The summed E-state index contributed by atoms with van der Waals surface area (Å²) in [6.07, 6.45) is 0. The quantitative estimate of drug-likeness (QED) is 0.672. The molecular weight excluding hydrogens is 248 g/mol. The summed E-state index contributed by atoms with van der Waals surface area (Å²) in [5.41, 5.74) is -0.403. The van der Waals surface area contributed by atoms with Crippen molar-refractivity contribution in [2.45, 2.75) is 19.4 Å². The average Bonchev–Trinajstić information content (AvgIpc) is 2.65. The van der Waals surface area contributed by atoms with Gasteiger partial charge in [0, 0.05) is 0 Å². The van der Waals surface area contributed by atoms with E-state index in [-0.39, 0.29) is 23.3 Å². The first-order chi connectivity index (χ1) is 8.85. The fourth-order valence-electron chi connectivity index (χ4n) is 1.82. The van der Waals surface area contributed by atoms with E-state index < -0.39 is 23.3 Å². The molecule has 0 aromatic heterocycles. The Bertz CT molecular complexity index is 578.